The summed E-state index contributed by atoms with van der Waals surface area (Å²) in [6.45, 7) is 3.41. The second kappa shape index (κ2) is 6.71. The first kappa shape index (κ1) is 17.2. The summed E-state index contributed by atoms with van der Waals surface area (Å²) in [5, 5.41) is 11.2. The number of carbonyl (C=O) groups is 2. The van der Waals surface area contributed by atoms with Crippen molar-refractivity contribution >= 4 is 21.7 Å². The Kier molecular flexibility index (Phi) is 5.48. The summed E-state index contributed by atoms with van der Waals surface area (Å²) in [4.78, 5) is 22.7. The number of hydrogen-bond donors (Lipinski definition) is 2. The Hall–Kier alpha value is -1.89. The van der Waals surface area contributed by atoms with Gasteiger partial charge in [-0.2, -0.15) is 0 Å². The molecule has 1 atom stereocenters. The third-order valence-electron chi connectivity index (χ3n) is 2.97. The van der Waals surface area contributed by atoms with Crippen LogP contribution in [0.1, 0.15) is 36.2 Å². The van der Waals surface area contributed by atoms with E-state index < -0.39 is 27.8 Å². The first-order chi connectivity index (χ1) is 9.65. The van der Waals surface area contributed by atoms with E-state index in [2.05, 4.69) is 5.32 Å². The van der Waals surface area contributed by atoms with Crippen LogP contribution in [0.2, 0.25) is 0 Å². The molecule has 0 aliphatic heterocycles. The highest BCUT2D eigenvalue weighted by atomic mass is 32.2. The van der Waals surface area contributed by atoms with Crippen molar-refractivity contribution in [2.24, 2.45) is 0 Å². The highest BCUT2D eigenvalue weighted by Gasteiger charge is 2.17. The Morgan fingerprint density at radius 1 is 1.33 bits per heavy atom. The van der Waals surface area contributed by atoms with Gasteiger partial charge in [0, 0.05) is 17.9 Å². The number of sulfone groups is 1. The van der Waals surface area contributed by atoms with Crippen LogP contribution in [0.5, 0.6) is 0 Å². The normalized spacial score (nSPS) is 12.7. The zero-order valence-electron chi connectivity index (χ0n) is 12.2. The SMILES string of the molecule is CCc1ccc(C(=O)NC(C)CC(=O)O)cc1S(C)(=O)=O. The van der Waals surface area contributed by atoms with E-state index in [-0.39, 0.29) is 16.9 Å². The van der Waals surface area contributed by atoms with Gasteiger partial charge in [-0.05, 0) is 31.0 Å². The van der Waals surface area contributed by atoms with E-state index >= 15 is 0 Å². The summed E-state index contributed by atoms with van der Waals surface area (Å²) in [5.41, 5.74) is 0.845. The first-order valence-corrected chi connectivity index (χ1v) is 8.40. The fourth-order valence-corrected chi connectivity index (χ4v) is 2.98. The Balaban J connectivity index is 3.04. The first-order valence-electron chi connectivity index (χ1n) is 6.50. The van der Waals surface area contributed by atoms with Crippen LogP contribution in [0.4, 0.5) is 0 Å². The second-order valence-electron chi connectivity index (χ2n) is 4.92. The van der Waals surface area contributed by atoms with Gasteiger partial charge in [-0.3, -0.25) is 9.59 Å². The van der Waals surface area contributed by atoms with Crippen LogP contribution < -0.4 is 5.32 Å². The third-order valence-corrected chi connectivity index (χ3v) is 4.15. The molecule has 0 aromatic heterocycles. The predicted octanol–water partition coefficient (Wildman–Crippen LogP) is 1.25. The molecule has 0 aliphatic rings. The number of hydrogen-bond acceptors (Lipinski definition) is 4. The molecule has 0 aliphatic carbocycles. The lowest BCUT2D eigenvalue weighted by Crippen LogP contribution is -2.34. The fourth-order valence-electron chi connectivity index (χ4n) is 1.95. The van der Waals surface area contributed by atoms with Crippen molar-refractivity contribution in [2.75, 3.05) is 6.26 Å². The van der Waals surface area contributed by atoms with E-state index in [1.807, 2.05) is 6.92 Å². The highest BCUT2D eigenvalue weighted by Crippen LogP contribution is 2.18. The molecule has 116 valence electrons. The molecular weight excluding hydrogens is 294 g/mol. The van der Waals surface area contributed by atoms with Gasteiger partial charge in [0.2, 0.25) is 0 Å². The summed E-state index contributed by atoms with van der Waals surface area (Å²) >= 11 is 0. The summed E-state index contributed by atoms with van der Waals surface area (Å²) in [6, 6.07) is 3.93. The third kappa shape index (κ3) is 4.86. The maximum Gasteiger partial charge on any atom is 0.305 e. The van der Waals surface area contributed by atoms with Crippen LogP contribution >= 0.6 is 0 Å². The van der Waals surface area contributed by atoms with Crippen molar-refractivity contribution in [3.63, 3.8) is 0 Å². The number of carboxylic acid groups (broad SMARTS) is 1. The molecule has 6 nitrogen and oxygen atoms in total. The van der Waals surface area contributed by atoms with Crippen molar-refractivity contribution in [3.05, 3.63) is 29.3 Å². The predicted molar refractivity (Wildman–Crippen MR) is 78.1 cm³/mol. The van der Waals surface area contributed by atoms with E-state index in [1.165, 1.54) is 12.1 Å². The van der Waals surface area contributed by atoms with Crippen molar-refractivity contribution in [3.8, 4) is 0 Å². The van der Waals surface area contributed by atoms with Gasteiger partial charge in [0.1, 0.15) is 0 Å². The summed E-state index contributed by atoms with van der Waals surface area (Å²) in [7, 11) is -3.42. The second-order valence-corrected chi connectivity index (χ2v) is 6.90. The molecule has 21 heavy (non-hydrogen) atoms. The molecule has 0 fully saturated rings. The van der Waals surface area contributed by atoms with E-state index in [4.69, 9.17) is 5.11 Å². The topological polar surface area (TPSA) is 101 Å². The molecule has 1 rings (SSSR count). The van der Waals surface area contributed by atoms with Gasteiger partial charge < -0.3 is 10.4 Å². The quantitative estimate of drug-likeness (QED) is 0.823. The van der Waals surface area contributed by atoms with Crippen molar-refractivity contribution in [1.29, 1.82) is 0 Å². The molecule has 7 heteroatoms. The molecule has 0 bridgehead atoms. The lowest BCUT2D eigenvalue weighted by Gasteiger charge is -2.13. The monoisotopic (exact) mass is 313 g/mol. The van der Waals surface area contributed by atoms with Gasteiger partial charge in [-0.15, -0.1) is 0 Å². The lowest BCUT2D eigenvalue weighted by molar-refractivity contribution is -0.137. The van der Waals surface area contributed by atoms with E-state index in [0.29, 0.717) is 12.0 Å². The standard InChI is InChI=1S/C14H19NO5S/c1-4-10-5-6-11(8-12(10)21(3,19)20)14(18)15-9(2)7-13(16)17/h5-6,8-9H,4,7H2,1-3H3,(H,15,18)(H,16,17). The minimum Gasteiger partial charge on any atom is -0.481 e. The summed E-state index contributed by atoms with van der Waals surface area (Å²) in [5.74, 6) is -1.50. The summed E-state index contributed by atoms with van der Waals surface area (Å²) < 4.78 is 23.5. The van der Waals surface area contributed by atoms with Gasteiger partial charge >= 0.3 is 5.97 Å². The van der Waals surface area contributed by atoms with Crippen LogP contribution in [0.25, 0.3) is 0 Å². The number of rotatable bonds is 6. The Morgan fingerprint density at radius 2 is 1.95 bits per heavy atom. The van der Waals surface area contributed by atoms with E-state index in [1.54, 1.807) is 13.0 Å². The molecule has 0 spiro atoms. The average Bonchev–Trinajstić information content (AvgIpc) is 2.35. The molecule has 1 aromatic rings. The highest BCUT2D eigenvalue weighted by molar-refractivity contribution is 7.90. The Labute approximate surface area is 124 Å². The van der Waals surface area contributed by atoms with E-state index in [0.717, 1.165) is 6.26 Å². The summed E-state index contributed by atoms with van der Waals surface area (Å²) in [6.07, 6.45) is 1.44. The zero-order valence-corrected chi connectivity index (χ0v) is 13.0. The zero-order chi connectivity index (χ0) is 16.2. The van der Waals surface area contributed by atoms with Crippen LogP contribution in [0.3, 0.4) is 0 Å². The number of nitrogens with one attached hydrogen (secondary N) is 1. The number of aryl methyl sites for hydroxylation is 1. The number of amides is 1. The van der Waals surface area contributed by atoms with Gasteiger partial charge in [0.15, 0.2) is 9.84 Å². The van der Waals surface area contributed by atoms with Crippen LogP contribution in [-0.2, 0) is 21.1 Å². The number of carboxylic acids is 1. The molecule has 2 N–H and O–H groups in total. The van der Waals surface area contributed by atoms with Gasteiger partial charge in [0.05, 0.1) is 11.3 Å². The van der Waals surface area contributed by atoms with Crippen LogP contribution in [0.15, 0.2) is 23.1 Å². The smallest absolute Gasteiger partial charge is 0.305 e. The van der Waals surface area contributed by atoms with Crippen molar-refractivity contribution < 1.29 is 23.1 Å². The van der Waals surface area contributed by atoms with Crippen LogP contribution in [0, 0.1) is 0 Å². The fraction of sp³-hybridized carbons (Fsp3) is 0.429. The maximum atomic E-state index is 12.0. The van der Waals surface area contributed by atoms with Gasteiger partial charge in [0.25, 0.3) is 5.91 Å². The molecular formula is C14H19NO5S. The average molecular weight is 313 g/mol. The Morgan fingerprint density at radius 3 is 2.43 bits per heavy atom. The minimum atomic E-state index is -3.42. The van der Waals surface area contributed by atoms with Crippen molar-refractivity contribution in [1.82, 2.24) is 5.32 Å². The van der Waals surface area contributed by atoms with Gasteiger partial charge in [-0.25, -0.2) is 8.42 Å². The molecule has 0 saturated heterocycles. The van der Waals surface area contributed by atoms with E-state index in [9.17, 15) is 18.0 Å². The molecule has 1 unspecified atom stereocenters. The Bertz CT molecular complexity index is 651. The molecule has 1 aromatic carbocycles. The largest absolute Gasteiger partial charge is 0.481 e. The minimum absolute atomic E-state index is 0.128. The molecule has 0 saturated carbocycles. The number of aliphatic carboxylic acids is 1. The van der Waals surface area contributed by atoms with Crippen molar-refractivity contribution in [2.45, 2.75) is 37.6 Å². The van der Waals surface area contributed by atoms with Crippen LogP contribution in [-0.4, -0.2) is 37.7 Å². The molecule has 1 amide bonds. The maximum absolute atomic E-state index is 12.0. The number of benzene rings is 1. The van der Waals surface area contributed by atoms with Gasteiger partial charge in [-0.1, -0.05) is 13.0 Å². The molecule has 0 heterocycles. The number of carbonyl (C=O) groups excluding carboxylic acids is 1. The molecule has 0 radical (unpaired) electrons. The lowest BCUT2D eigenvalue weighted by atomic mass is 10.1.